The van der Waals surface area contributed by atoms with Gasteiger partial charge in [0.1, 0.15) is 11.5 Å². The lowest BCUT2D eigenvalue weighted by atomic mass is 10.2. The van der Waals surface area contributed by atoms with Crippen LogP contribution in [0.25, 0.3) is 0 Å². The van der Waals surface area contributed by atoms with Gasteiger partial charge in [0.25, 0.3) is 5.91 Å². The Morgan fingerprint density at radius 1 is 1.35 bits per heavy atom. The molecule has 0 unspecified atom stereocenters. The molecule has 1 N–H and O–H groups in total. The molecule has 0 bridgehead atoms. The molecular formula is C15H14BrFN2O. The van der Waals surface area contributed by atoms with Crippen molar-refractivity contribution >= 4 is 21.8 Å². The fraction of sp³-hybridized carbons (Fsp3) is 0.267. The van der Waals surface area contributed by atoms with Crippen LogP contribution in [0.1, 0.15) is 28.9 Å². The highest BCUT2D eigenvalue weighted by atomic mass is 79.9. The van der Waals surface area contributed by atoms with E-state index in [0.29, 0.717) is 18.3 Å². The van der Waals surface area contributed by atoms with Crippen molar-refractivity contribution in [1.29, 1.82) is 0 Å². The Labute approximate surface area is 124 Å². The first-order valence-electron chi connectivity index (χ1n) is 6.53. The molecule has 0 spiro atoms. The van der Waals surface area contributed by atoms with Crippen molar-refractivity contribution < 1.29 is 9.18 Å². The minimum Gasteiger partial charge on any atom is -0.356 e. The van der Waals surface area contributed by atoms with Gasteiger partial charge in [-0.2, -0.15) is 0 Å². The summed E-state index contributed by atoms with van der Waals surface area (Å²) in [7, 11) is 0. The summed E-state index contributed by atoms with van der Waals surface area (Å²) in [6.45, 7) is 0.514. The van der Waals surface area contributed by atoms with E-state index >= 15 is 0 Å². The van der Waals surface area contributed by atoms with E-state index in [0.717, 1.165) is 22.9 Å². The summed E-state index contributed by atoms with van der Waals surface area (Å²) >= 11 is 3.33. The van der Waals surface area contributed by atoms with E-state index in [1.165, 1.54) is 12.1 Å². The number of amides is 1. The molecule has 1 aromatic heterocycles. The van der Waals surface area contributed by atoms with Crippen LogP contribution in [0.2, 0.25) is 0 Å². The predicted octanol–water partition coefficient (Wildman–Crippen LogP) is 3.72. The SMILES string of the molecule is O=C(c1cc(Br)c[nH]1)N(Cc1ccc(F)cc1)C1CC1. The fourth-order valence-corrected chi connectivity index (χ4v) is 2.53. The number of nitrogens with one attached hydrogen (secondary N) is 1. The van der Waals surface area contributed by atoms with E-state index in [4.69, 9.17) is 0 Å². The van der Waals surface area contributed by atoms with Crippen molar-refractivity contribution in [3.63, 3.8) is 0 Å². The molecule has 104 valence electrons. The van der Waals surface area contributed by atoms with Crippen molar-refractivity contribution in [2.24, 2.45) is 0 Å². The van der Waals surface area contributed by atoms with Crippen LogP contribution in [0, 0.1) is 5.82 Å². The van der Waals surface area contributed by atoms with Gasteiger partial charge in [-0.05, 0) is 52.5 Å². The van der Waals surface area contributed by atoms with Crippen molar-refractivity contribution in [2.45, 2.75) is 25.4 Å². The number of aromatic nitrogens is 1. The summed E-state index contributed by atoms with van der Waals surface area (Å²) in [5.74, 6) is -0.270. The van der Waals surface area contributed by atoms with Gasteiger partial charge in [-0.1, -0.05) is 12.1 Å². The lowest BCUT2D eigenvalue weighted by Gasteiger charge is -2.22. The smallest absolute Gasteiger partial charge is 0.270 e. The van der Waals surface area contributed by atoms with E-state index in [1.54, 1.807) is 24.4 Å². The van der Waals surface area contributed by atoms with Gasteiger partial charge in [0.2, 0.25) is 0 Å². The molecule has 1 heterocycles. The number of benzene rings is 1. The number of hydrogen-bond acceptors (Lipinski definition) is 1. The molecule has 2 aromatic rings. The molecule has 1 aromatic carbocycles. The first kappa shape index (κ1) is 13.4. The van der Waals surface area contributed by atoms with Gasteiger partial charge in [0.05, 0.1) is 0 Å². The van der Waals surface area contributed by atoms with Crippen LogP contribution in [0.5, 0.6) is 0 Å². The minimum absolute atomic E-state index is 0.0116. The molecule has 1 amide bonds. The van der Waals surface area contributed by atoms with Gasteiger partial charge in [0.15, 0.2) is 0 Å². The number of hydrogen-bond donors (Lipinski definition) is 1. The molecule has 1 aliphatic carbocycles. The van der Waals surface area contributed by atoms with Gasteiger partial charge < -0.3 is 9.88 Å². The quantitative estimate of drug-likeness (QED) is 0.907. The topological polar surface area (TPSA) is 36.1 Å². The van der Waals surface area contributed by atoms with Crippen LogP contribution >= 0.6 is 15.9 Å². The van der Waals surface area contributed by atoms with E-state index < -0.39 is 0 Å². The van der Waals surface area contributed by atoms with E-state index in [1.807, 2.05) is 4.90 Å². The maximum atomic E-state index is 12.9. The number of H-pyrrole nitrogens is 1. The van der Waals surface area contributed by atoms with Crippen LogP contribution in [0.3, 0.4) is 0 Å². The zero-order chi connectivity index (χ0) is 14.1. The van der Waals surface area contributed by atoms with E-state index in [2.05, 4.69) is 20.9 Å². The fourth-order valence-electron chi connectivity index (χ4n) is 2.19. The maximum absolute atomic E-state index is 12.9. The predicted molar refractivity (Wildman–Crippen MR) is 77.8 cm³/mol. The highest BCUT2D eigenvalue weighted by Gasteiger charge is 2.33. The third kappa shape index (κ3) is 2.93. The van der Waals surface area contributed by atoms with Crippen molar-refractivity contribution in [2.75, 3.05) is 0 Å². The second kappa shape index (κ2) is 5.40. The second-order valence-corrected chi connectivity index (χ2v) is 5.94. The molecule has 3 rings (SSSR count). The summed E-state index contributed by atoms with van der Waals surface area (Å²) in [6, 6.07) is 8.38. The summed E-state index contributed by atoms with van der Waals surface area (Å²) in [5.41, 5.74) is 1.52. The number of rotatable bonds is 4. The average Bonchev–Trinajstić information content (AvgIpc) is 3.19. The number of aromatic amines is 1. The first-order valence-corrected chi connectivity index (χ1v) is 7.32. The van der Waals surface area contributed by atoms with E-state index in [-0.39, 0.29) is 11.7 Å². The normalized spacial score (nSPS) is 14.3. The molecule has 3 nitrogen and oxygen atoms in total. The summed E-state index contributed by atoms with van der Waals surface area (Å²) in [5, 5.41) is 0. The lowest BCUT2D eigenvalue weighted by molar-refractivity contribution is 0.0724. The van der Waals surface area contributed by atoms with Crippen LogP contribution in [-0.2, 0) is 6.54 Å². The van der Waals surface area contributed by atoms with E-state index in [9.17, 15) is 9.18 Å². The third-order valence-electron chi connectivity index (χ3n) is 3.39. The average molecular weight is 337 g/mol. The summed E-state index contributed by atoms with van der Waals surface area (Å²) in [6.07, 6.45) is 3.82. The standard InChI is InChI=1S/C15H14BrFN2O/c16-11-7-14(18-8-11)15(20)19(13-5-6-13)9-10-1-3-12(17)4-2-10/h1-4,7-8,13,18H,5-6,9H2. The molecule has 1 fully saturated rings. The van der Waals surface area contributed by atoms with Gasteiger partial charge in [-0.3, -0.25) is 4.79 Å². The van der Waals surface area contributed by atoms with Crippen LogP contribution < -0.4 is 0 Å². The summed E-state index contributed by atoms with van der Waals surface area (Å²) in [4.78, 5) is 17.3. The van der Waals surface area contributed by atoms with Crippen LogP contribution in [0.4, 0.5) is 4.39 Å². The third-order valence-corrected chi connectivity index (χ3v) is 3.85. The minimum atomic E-state index is -0.258. The van der Waals surface area contributed by atoms with Crippen molar-refractivity contribution in [1.82, 2.24) is 9.88 Å². The second-order valence-electron chi connectivity index (χ2n) is 5.02. The van der Waals surface area contributed by atoms with Gasteiger partial charge in [0, 0.05) is 23.3 Å². The lowest BCUT2D eigenvalue weighted by Crippen LogP contribution is -2.32. The van der Waals surface area contributed by atoms with Crippen molar-refractivity contribution in [3.05, 3.63) is 58.1 Å². The van der Waals surface area contributed by atoms with Crippen molar-refractivity contribution in [3.8, 4) is 0 Å². The molecule has 1 aliphatic rings. The molecule has 1 saturated carbocycles. The Bertz CT molecular complexity index is 619. The first-order chi connectivity index (χ1) is 9.63. The highest BCUT2D eigenvalue weighted by molar-refractivity contribution is 9.10. The Balaban J connectivity index is 1.79. The molecule has 0 saturated heterocycles. The molecule has 5 heteroatoms. The number of carbonyl (C=O) groups is 1. The number of nitrogens with zero attached hydrogens (tertiary/aromatic N) is 1. The molecule has 0 radical (unpaired) electrons. The van der Waals surface area contributed by atoms with Crippen LogP contribution in [-0.4, -0.2) is 21.8 Å². The molecule has 20 heavy (non-hydrogen) atoms. The Hall–Kier alpha value is -1.62. The zero-order valence-electron chi connectivity index (χ0n) is 10.8. The van der Waals surface area contributed by atoms with Crippen LogP contribution in [0.15, 0.2) is 41.0 Å². The maximum Gasteiger partial charge on any atom is 0.270 e. The molecular weight excluding hydrogens is 323 g/mol. The summed E-state index contributed by atoms with van der Waals surface area (Å²) < 4.78 is 13.8. The van der Waals surface area contributed by atoms with Gasteiger partial charge >= 0.3 is 0 Å². The number of carbonyl (C=O) groups excluding carboxylic acids is 1. The molecule has 0 aliphatic heterocycles. The highest BCUT2D eigenvalue weighted by Crippen LogP contribution is 2.30. The van der Waals surface area contributed by atoms with Gasteiger partial charge in [-0.25, -0.2) is 4.39 Å². The monoisotopic (exact) mass is 336 g/mol. The largest absolute Gasteiger partial charge is 0.356 e. The zero-order valence-corrected chi connectivity index (χ0v) is 12.4. The Morgan fingerprint density at radius 2 is 2.05 bits per heavy atom. The molecule has 0 atom stereocenters. The Morgan fingerprint density at radius 3 is 2.60 bits per heavy atom. The Kier molecular flexibility index (Phi) is 3.61. The van der Waals surface area contributed by atoms with Gasteiger partial charge in [-0.15, -0.1) is 0 Å². The number of halogens is 2.